The first-order chi connectivity index (χ1) is 23.7. The maximum absolute atomic E-state index is 12.8. The number of carbonyl (C=O) groups excluding carboxylic acids is 4. The van der Waals surface area contributed by atoms with Crippen molar-refractivity contribution in [3.05, 3.63) is 118 Å². The molecule has 2 aromatic carbocycles. The van der Waals surface area contributed by atoms with Crippen molar-refractivity contribution in [1.29, 1.82) is 0 Å². The molecular weight excluding hydrogens is 671 g/mol. The van der Waals surface area contributed by atoms with Crippen LogP contribution in [0, 0.1) is 0 Å². The Balaban J connectivity index is 0.000000267. The van der Waals surface area contributed by atoms with Crippen molar-refractivity contribution < 1.29 is 33.4 Å². The second-order valence-electron chi connectivity index (χ2n) is 10.3. The second-order valence-corrected chi connectivity index (χ2v) is 11.0. The SMILES string of the molecule is CCOC(=O)CCc1ccc(N(COC)C(=O)c2cccnc2Cl)cc1.CCOC(=O)CCc1ccc(NC(=O)c2cccnc2Cl)cc1. The number of anilines is 2. The van der Waals surface area contributed by atoms with Gasteiger partial charge in [-0.25, -0.2) is 9.97 Å². The topological polar surface area (TPSA) is 137 Å². The highest BCUT2D eigenvalue weighted by Crippen LogP contribution is 2.22. The Hall–Kier alpha value is -4.84. The van der Waals surface area contributed by atoms with Crippen molar-refractivity contribution in [1.82, 2.24) is 9.97 Å². The number of aryl methyl sites for hydroxylation is 2. The fraction of sp³-hybridized carbons (Fsp3) is 0.278. The minimum atomic E-state index is -0.317. The molecule has 4 rings (SSSR count). The monoisotopic (exact) mass is 708 g/mol. The van der Waals surface area contributed by atoms with E-state index in [1.807, 2.05) is 36.4 Å². The molecule has 2 aromatic heterocycles. The van der Waals surface area contributed by atoms with E-state index in [1.165, 1.54) is 24.4 Å². The molecule has 0 aliphatic carbocycles. The van der Waals surface area contributed by atoms with Crippen LogP contribution >= 0.6 is 23.2 Å². The van der Waals surface area contributed by atoms with Gasteiger partial charge in [-0.2, -0.15) is 0 Å². The second kappa shape index (κ2) is 20.5. The lowest BCUT2D eigenvalue weighted by Gasteiger charge is -2.22. The average Bonchev–Trinajstić information content (AvgIpc) is 3.10. The number of benzene rings is 2. The molecule has 0 spiro atoms. The Bertz CT molecular complexity index is 1690. The minimum absolute atomic E-state index is 0.0756. The van der Waals surface area contributed by atoms with E-state index in [1.54, 1.807) is 50.2 Å². The molecule has 1 N–H and O–H groups in total. The molecule has 0 saturated carbocycles. The summed E-state index contributed by atoms with van der Waals surface area (Å²) in [6.45, 7) is 4.40. The zero-order chi connectivity index (χ0) is 35.6. The molecule has 0 unspecified atom stereocenters. The van der Waals surface area contributed by atoms with E-state index in [0.29, 0.717) is 61.4 Å². The van der Waals surface area contributed by atoms with Crippen LogP contribution in [0.25, 0.3) is 0 Å². The Kier molecular flexibility index (Phi) is 16.2. The van der Waals surface area contributed by atoms with Gasteiger partial charge >= 0.3 is 11.9 Å². The van der Waals surface area contributed by atoms with Crippen LogP contribution in [-0.4, -0.2) is 60.8 Å². The first-order valence-electron chi connectivity index (χ1n) is 15.5. The van der Waals surface area contributed by atoms with Crippen molar-refractivity contribution in [3.8, 4) is 0 Å². The van der Waals surface area contributed by atoms with E-state index in [-0.39, 0.29) is 40.8 Å². The van der Waals surface area contributed by atoms with Gasteiger partial charge in [-0.15, -0.1) is 0 Å². The fourth-order valence-corrected chi connectivity index (χ4v) is 4.79. The summed E-state index contributed by atoms with van der Waals surface area (Å²) in [6.07, 6.45) is 4.88. The van der Waals surface area contributed by atoms with E-state index >= 15 is 0 Å². The molecule has 49 heavy (non-hydrogen) atoms. The molecular formula is C36H38Cl2N4O7. The zero-order valence-corrected chi connectivity index (χ0v) is 29.0. The summed E-state index contributed by atoms with van der Waals surface area (Å²) in [6, 6.07) is 21.2. The molecule has 258 valence electrons. The largest absolute Gasteiger partial charge is 0.466 e. The summed E-state index contributed by atoms with van der Waals surface area (Å²) >= 11 is 11.9. The molecule has 0 saturated heterocycles. The number of pyridine rings is 2. The Morgan fingerprint density at radius 1 is 0.714 bits per heavy atom. The lowest BCUT2D eigenvalue weighted by atomic mass is 10.1. The number of hydrogen-bond donors (Lipinski definition) is 1. The van der Waals surface area contributed by atoms with Gasteiger partial charge in [-0.3, -0.25) is 24.1 Å². The van der Waals surface area contributed by atoms with Crippen LogP contribution in [0.15, 0.2) is 85.2 Å². The van der Waals surface area contributed by atoms with Gasteiger partial charge < -0.3 is 19.5 Å². The number of methoxy groups -OCH3 is 1. The molecule has 11 nitrogen and oxygen atoms in total. The third kappa shape index (κ3) is 12.6. The standard InChI is InChI=1S/C19H21ClN2O4.C17H17ClN2O3/c1-3-26-17(23)11-8-14-6-9-15(10-7-14)22(13-25-2)19(24)16-5-4-12-21-18(16)20;1-2-23-15(21)10-7-12-5-8-13(9-6-12)20-17(22)14-4-3-11-19-16(14)18/h4-7,9-10,12H,3,8,11,13H2,1-2H3;3-6,8-9,11H,2,7,10H2,1H3,(H,20,22). The van der Waals surface area contributed by atoms with Crippen LogP contribution in [0.2, 0.25) is 10.3 Å². The van der Waals surface area contributed by atoms with E-state index in [0.717, 1.165) is 11.1 Å². The molecule has 2 heterocycles. The summed E-state index contributed by atoms with van der Waals surface area (Å²) in [5.41, 5.74) is 3.91. The quantitative estimate of drug-likeness (QED) is 0.0837. The van der Waals surface area contributed by atoms with E-state index < -0.39 is 0 Å². The van der Waals surface area contributed by atoms with Gasteiger partial charge in [0.2, 0.25) is 0 Å². The molecule has 4 aromatic rings. The van der Waals surface area contributed by atoms with Gasteiger partial charge in [-0.1, -0.05) is 47.5 Å². The lowest BCUT2D eigenvalue weighted by Crippen LogP contribution is -2.33. The third-order valence-electron chi connectivity index (χ3n) is 6.80. The molecule has 0 fully saturated rings. The van der Waals surface area contributed by atoms with E-state index in [2.05, 4.69) is 15.3 Å². The maximum atomic E-state index is 12.8. The highest BCUT2D eigenvalue weighted by molar-refractivity contribution is 6.33. The number of esters is 2. The van der Waals surface area contributed by atoms with Crippen molar-refractivity contribution in [2.24, 2.45) is 0 Å². The predicted molar refractivity (Wildman–Crippen MR) is 188 cm³/mol. The number of rotatable bonds is 14. The minimum Gasteiger partial charge on any atom is -0.466 e. The molecule has 0 bridgehead atoms. The number of halogens is 2. The predicted octanol–water partition coefficient (Wildman–Crippen LogP) is 6.96. The van der Waals surface area contributed by atoms with Crippen LogP contribution in [-0.2, 0) is 36.6 Å². The summed E-state index contributed by atoms with van der Waals surface area (Å²) in [4.78, 5) is 56.9. The van der Waals surface area contributed by atoms with Crippen molar-refractivity contribution >= 4 is 58.3 Å². The van der Waals surface area contributed by atoms with E-state index in [9.17, 15) is 19.2 Å². The van der Waals surface area contributed by atoms with Gasteiger partial charge in [0.15, 0.2) is 0 Å². The summed E-state index contributed by atoms with van der Waals surface area (Å²) in [7, 11) is 1.51. The fourth-order valence-electron chi connectivity index (χ4n) is 4.38. The number of ether oxygens (including phenoxy) is 3. The van der Waals surface area contributed by atoms with Crippen molar-refractivity contribution in [3.63, 3.8) is 0 Å². The maximum Gasteiger partial charge on any atom is 0.306 e. The lowest BCUT2D eigenvalue weighted by molar-refractivity contribution is -0.144. The zero-order valence-electron chi connectivity index (χ0n) is 27.5. The molecule has 0 aliphatic rings. The summed E-state index contributed by atoms with van der Waals surface area (Å²) < 4.78 is 15.0. The van der Waals surface area contributed by atoms with Crippen LogP contribution in [0.3, 0.4) is 0 Å². The first-order valence-corrected chi connectivity index (χ1v) is 16.2. The Morgan fingerprint density at radius 2 is 1.20 bits per heavy atom. The van der Waals surface area contributed by atoms with Crippen molar-refractivity contribution in [2.75, 3.05) is 37.3 Å². The summed E-state index contributed by atoms with van der Waals surface area (Å²) in [5.74, 6) is -1.05. The Labute approximate surface area is 295 Å². The number of amides is 2. The molecule has 13 heteroatoms. The van der Waals surface area contributed by atoms with Gasteiger partial charge in [-0.05, 0) is 86.3 Å². The smallest absolute Gasteiger partial charge is 0.306 e. The van der Waals surface area contributed by atoms with Gasteiger partial charge in [0, 0.05) is 43.7 Å². The van der Waals surface area contributed by atoms with E-state index in [4.69, 9.17) is 37.4 Å². The Morgan fingerprint density at radius 3 is 1.67 bits per heavy atom. The van der Waals surface area contributed by atoms with Crippen molar-refractivity contribution in [2.45, 2.75) is 39.5 Å². The third-order valence-corrected chi connectivity index (χ3v) is 7.41. The normalized spacial score (nSPS) is 10.3. The number of nitrogens with one attached hydrogen (secondary N) is 1. The van der Waals surface area contributed by atoms with Crippen LogP contribution in [0.5, 0.6) is 0 Å². The number of carbonyl (C=O) groups is 4. The molecule has 2 amide bonds. The highest BCUT2D eigenvalue weighted by Gasteiger charge is 2.20. The van der Waals surface area contributed by atoms with Crippen LogP contribution in [0.4, 0.5) is 11.4 Å². The molecule has 0 radical (unpaired) electrons. The van der Waals surface area contributed by atoms with Gasteiger partial charge in [0.25, 0.3) is 11.8 Å². The highest BCUT2D eigenvalue weighted by atomic mass is 35.5. The van der Waals surface area contributed by atoms with Crippen LogP contribution < -0.4 is 10.2 Å². The summed E-state index contributed by atoms with van der Waals surface area (Å²) in [5, 5.41) is 3.06. The molecule has 0 aliphatic heterocycles. The number of aromatic nitrogens is 2. The van der Waals surface area contributed by atoms with Gasteiger partial charge in [0.1, 0.15) is 17.0 Å². The van der Waals surface area contributed by atoms with Crippen LogP contribution in [0.1, 0.15) is 58.5 Å². The molecule has 0 atom stereocenters. The number of hydrogen-bond acceptors (Lipinski definition) is 9. The first kappa shape index (κ1) is 38.6. The number of nitrogens with zero attached hydrogens (tertiary/aromatic N) is 3. The van der Waals surface area contributed by atoms with Gasteiger partial charge in [0.05, 0.1) is 24.3 Å². The average molecular weight is 710 g/mol.